The molecule has 1 amide bonds. The molecule has 0 aliphatic carbocycles. The first-order chi connectivity index (χ1) is 15.7. The summed E-state index contributed by atoms with van der Waals surface area (Å²) in [5, 5.41) is 5.95. The molecule has 1 aromatic rings. The van der Waals surface area contributed by atoms with Crippen molar-refractivity contribution in [3.63, 3.8) is 0 Å². The molecule has 0 heterocycles. The minimum atomic E-state index is -0.148. The van der Waals surface area contributed by atoms with Crippen LogP contribution in [0.25, 0.3) is 0 Å². The summed E-state index contributed by atoms with van der Waals surface area (Å²) in [5.41, 5.74) is 2.39. The van der Waals surface area contributed by atoms with E-state index in [9.17, 15) is 14.4 Å². The number of aldehydes is 2. The number of hydrogen-bond acceptors (Lipinski definition) is 6. The lowest BCUT2D eigenvalue weighted by Gasteiger charge is -2.23. The van der Waals surface area contributed by atoms with Crippen LogP contribution in [0.2, 0.25) is 0 Å². The molecule has 2 N–H and O–H groups in total. The van der Waals surface area contributed by atoms with Crippen molar-refractivity contribution in [2.75, 3.05) is 39.9 Å². The van der Waals surface area contributed by atoms with Crippen molar-refractivity contribution in [3.05, 3.63) is 34.9 Å². The first-order valence-corrected chi connectivity index (χ1v) is 11.3. The Hall–Kier alpha value is -2.53. The van der Waals surface area contributed by atoms with E-state index in [1.807, 2.05) is 24.1 Å². The van der Waals surface area contributed by atoms with Crippen molar-refractivity contribution in [2.45, 2.75) is 51.6 Å². The van der Waals surface area contributed by atoms with Crippen LogP contribution in [0.1, 0.15) is 60.5 Å². The van der Waals surface area contributed by atoms with Gasteiger partial charge in [0.1, 0.15) is 12.6 Å². The van der Waals surface area contributed by atoms with E-state index in [0.717, 1.165) is 68.9 Å². The van der Waals surface area contributed by atoms with Gasteiger partial charge in [0.2, 0.25) is 6.41 Å². The predicted octanol–water partition coefficient (Wildman–Crippen LogP) is 2.17. The van der Waals surface area contributed by atoms with Crippen molar-refractivity contribution >= 4 is 19.0 Å². The Kier molecular flexibility index (Phi) is 15.5. The third kappa shape index (κ3) is 11.8. The van der Waals surface area contributed by atoms with E-state index >= 15 is 0 Å². The molecule has 1 unspecified atom stereocenters. The van der Waals surface area contributed by atoms with E-state index in [2.05, 4.69) is 29.4 Å². The molecule has 7 heteroatoms. The zero-order valence-electron chi connectivity index (χ0n) is 19.4. The Morgan fingerprint density at radius 2 is 1.91 bits per heavy atom. The third-order valence-corrected chi connectivity index (χ3v) is 4.99. The van der Waals surface area contributed by atoms with E-state index in [4.69, 9.17) is 4.74 Å². The van der Waals surface area contributed by atoms with Gasteiger partial charge in [-0.25, -0.2) is 0 Å². The van der Waals surface area contributed by atoms with Crippen LogP contribution in [-0.4, -0.2) is 69.8 Å². The largest absolute Gasteiger partial charge is 0.381 e. The second-order valence-electron chi connectivity index (χ2n) is 7.63. The standard InChI is InChI=1S/C25H37N3O4/c1-3-8-25(20-30)28(2)18-24-17-22(10-11-23(24)19-29)9-4-5-12-26-13-6-15-32-16-7-14-27-21-31/h10-11,17,19-21,25-26H,3,5-8,12-16,18H2,1-2H3,(H,27,31). The molecule has 0 saturated carbocycles. The Labute approximate surface area is 192 Å². The number of amides is 1. The summed E-state index contributed by atoms with van der Waals surface area (Å²) in [5.74, 6) is 6.33. The van der Waals surface area contributed by atoms with Gasteiger partial charge < -0.3 is 20.2 Å². The highest BCUT2D eigenvalue weighted by atomic mass is 16.5. The number of nitrogens with zero attached hydrogens (tertiary/aromatic N) is 1. The summed E-state index contributed by atoms with van der Waals surface area (Å²) in [4.78, 5) is 34.8. The number of ether oxygens (including phenoxy) is 1. The fourth-order valence-electron chi connectivity index (χ4n) is 3.19. The Morgan fingerprint density at radius 1 is 1.12 bits per heavy atom. The van der Waals surface area contributed by atoms with Crippen LogP contribution < -0.4 is 10.6 Å². The van der Waals surface area contributed by atoms with Gasteiger partial charge in [0.05, 0.1) is 6.04 Å². The van der Waals surface area contributed by atoms with Gasteiger partial charge in [-0.15, -0.1) is 0 Å². The highest BCUT2D eigenvalue weighted by Gasteiger charge is 2.14. The summed E-state index contributed by atoms with van der Waals surface area (Å²) in [6, 6.07) is 5.45. The van der Waals surface area contributed by atoms with Crippen LogP contribution in [0.5, 0.6) is 0 Å². The summed E-state index contributed by atoms with van der Waals surface area (Å²) in [6.07, 6.45) is 6.74. The smallest absolute Gasteiger partial charge is 0.207 e. The molecular weight excluding hydrogens is 406 g/mol. The van der Waals surface area contributed by atoms with Gasteiger partial charge >= 0.3 is 0 Å². The van der Waals surface area contributed by atoms with Gasteiger partial charge in [0.15, 0.2) is 0 Å². The highest BCUT2D eigenvalue weighted by Crippen LogP contribution is 2.15. The molecule has 0 spiro atoms. The SMILES string of the molecule is CCCC(C=O)N(C)Cc1cc(C#CCCNCCCOCCCNC=O)ccc1C=O. The summed E-state index contributed by atoms with van der Waals surface area (Å²) >= 11 is 0. The molecule has 1 atom stereocenters. The van der Waals surface area contributed by atoms with Crippen LogP contribution in [-0.2, 0) is 20.9 Å². The first kappa shape index (κ1) is 27.5. The molecule has 0 fully saturated rings. The van der Waals surface area contributed by atoms with Crippen LogP contribution in [0.3, 0.4) is 0 Å². The van der Waals surface area contributed by atoms with Gasteiger partial charge in [-0.05, 0) is 50.6 Å². The van der Waals surface area contributed by atoms with Crippen molar-refractivity contribution < 1.29 is 19.1 Å². The summed E-state index contributed by atoms with van der Waals surface area (Å²) in [6.45, 7) is 6.26. The number of benzene rings is 1. The highest BCUT2D eigenvalue weighted by molar-refractivity contribution is 5.77. The average Bonchev–Trinajstić information content (AvgIpc) is 2.80. The third-order valence-electron chi connectivity index (χ3n) is 4.99. The molecule has 0 aliphatic rings. The van der Waals surface area contributed by atoms with E-state index < -0.39 is 0 Å². The second-order valence-corrected chi connectivity index (χ2v) is 7.63. The summed E-state index contributed by atoms with van der Waals surface area (Å²) < 4.78 is 5.49. The molecule has 176 valence electrons. The number of nitrogens with one attached hydrogen (secondary N) is 2. The van der Waals surface area contributed by atoms with Crippen molar-refractivity contribution in [3.8, 4) is 11.8 Å². The van der Waals surface area contributed by atoms with Gasteiger partial charge in [0.25, 0.3) is 0 Å². The molecule has 0 bridgehead atoms. The van der Waals surface area contributed by atoms with Crippen molar-refractivity contribution in [2.24, 2.45) is 0 Å². The molecule has 1 rings (SSSR count). The van der Waals surface area contributed by atoms with Gasteiger partial charge in [-0.2, -0.15) is 0 Å². The van der Waals surface area contributed by atoms with E-state index in [0.29, 0.717) is 38.3 Å². The number of hydrogen-bond donors (Lipinski definition) is 2. The predicted molar refractivity (Wildman–Crippen MR) is 127 cm³/mol. The molecule has 1 aromatic carbocycles. The molecule has 0 aliphatic heterocycles. The maximum Gasteiger partial charge on any atom is 0.207 e. The van der Waals surface area contributed by atoms with Gasteiger partial charge in [0, 0.05) is 50.4 Å². The maximum atomic E-state index is 11.4. The molecular formula is C25H37N3O4. The second kappa shape index (κ2) is 18.1. The van der Waals surface area contributed by atoms with Crippen molar-refractivity contribution in [1.82, 2.24) is 15.5 Å². The van der Waals surface area contributed by atoms with Gasteiger partial charge in [-0.3, -0.25) is 14.5 Å². The average molecular weight is 444 g/mol. The molecule has 32 heavy (non-hydrogen) atoms. The normalized spacial score (nSPS) is 11.5. The molecule has 0 radical (unpaired) electrons. The van der Waals surface area contributed by atoms with Gasteiger partial charge in [-0.1, -0.05) is 31.3 Å². The Bertz CT molecular complexity index is 742. The zero-order chi connectivity index (χ0) is 23.4. The lowest BCUT2D eigenvalue weighted by molar-refractivity contribution is -0.112. The number of carbonyl (C=O) groups excluding carboxylic acids is 3. The van der Waals surface area contributed by atoms with Crippen LogP contribution in [0, 0.1) is 11.8 Å². The fraction of sp³-hybridized carbons (Fsp3) is 0.560. The Morgan fingerprint density at radius 3 is 2.59 bits per heavy atom. The first-order valence-electron chi connectivity index (χ1n) is 11.3. The summed E-state index contributed by atoms with van der Waals surface area (Å²) in [7, 11) is 1.91. The molecule has 7 nitrogen and oxygen atoms in total. The zero-order valence-corrected chi connectivity index (χ0v) is 19.4. The topological polar surface area (TPSA) is 87.7 Å². The van der Waals surface area contributed by atoms with Crippen molar-refractivity contribution in [1.29, 1.82) is 0 Å². The minimum Gasteiger partial charge on any atom is -0.381 e. The molecule has 0 saturated heterocycles. The lowest BCUT2D eigenvalue weighted by Crippen LogP contribution is -2.32. The van der Waals surface area contributed by atoms with E-state index in [1.54, 1.807) is 6.07 Å². The number of carbonyl (C=O) groups is 3. The number of rotatable bonds is 18. The minimum absolute atomic E-state index is 0.148. The van der Waals surface area contributed by atoms with Crippen LogP contribution in [0.15, 0.2) is 18.2 Å². The van der Waals surface area contributed by atoms with E-state index in [1.165, 1.54) is 0 Å². The van der Waals surface area contributed by atoms with Crippen LogP contribution in [0.4, 0.5) is 0 Å². The lowest BCUT2D eigenvalue weighted by atomic mass is 10.0. The van der Waals surface area contributed by atoms with Crippen LogP contribution >= 0.6 is 0 Å². The maximum absolute atomic E-state index is 11.4. The monoisotopic (exact) mass is 443 g/mol. The Balaban J connectivity index is 2.38. The number of likely N-dealkylation sites (N-methyl/N-ethyl adjacent to an activating group) is 1. The van der Waals surface area contributed by atoms with E-state index in [-0.39, 0.29) is 6.04 Å². The fourth-order valence-corrected chi connectivity index (χ4v) is 3.19. The quantitative estimate of drug-likeness (QED) is 0.205. The molecule has 0 aromatic heterocycles.